The van der Waals surface area contributed by atoms with Crippen LogP contribution in [-0.2, 0) is 28.1 Å². The number of imidazole rings is 1. The minimum Gasteiger partial charge on any atom is -0.384 e. The van der Waals surface area contributed by atoms with E-state index < -0.39 is 5.60 Å². The fraction of sp³-hybridized carbons (Fsp3) is 0.259. The highest BCUT2D eigenvalue weighted by Crippen LogP contribution is 2.37. The Hall–Kier alpha value is -3.28. The number of carbonyl (C=O) groups excluding carboxylic acids is 1. The molecule has 5 heteroatoms. The minimum absolute atomic E-state index is 0.138. The van der Waals surface area contributed by atoms with Crippen molar-refractivity contribution < 1.29 is 14.6 Å². The molecule has 0 fully saturated rings. The van der Waals surface area contributed by atoms with Crippen LogP contribution in [0.25, 0.3) is 11.0 Å². The van der Waals surface area contributed by atoms with E-state index in [1.54, 1.807) is 7.11 Å². The summed E-state index contributed by atoms with van der Waals surface area (Å²) in [5, 5.41) is 12.2. The molecule has 4 aromatic rings. The van der Waals surface area contributed by atoms with E-state index in [1.165, 1.54) is 0 Å². The molecule has 164 valence electrons. The molecule has 0 spiro atoms. The molecule has 0 aliphatic heterocycles. The predicted octanol–water partition coefficient (Wildman–Crippen LogP) is 4.49. The molecular weight excluding hydrogens is 400 g/mol. The Labute approximate surface area is 188 Å². The maximum atomic E-state index is 12.3. The second-order valence-electron chi connectivity index (χ2n) is 7.90. The molecule has 1 heterocycles. The number of benzene rings is 3. The van der Waals surface area contributed by atoms with E-state index in [9.17, 15) is 9.90 Å². The number of fused-ring (bicyclic) bond motifs is 1. The summed E-state index contributed by atoms with van der Waals surface area (Å²) >= 11 is 0. The summed E-state index contributed by atoms with van der Waals surface area (Å²) in [4.78, 5) is 17.1. The first-order chi connectivity index (χ1) is 15.6. The highest BCUT2D eigenvalue weighted by Gasteiger charge is 2.38. The lowest BCUT2D eigenvalue weighted by Gasteiger charge is -2.29. The maximum Gasteiger partial charge on any atom is 0.173 e. The number of aliphatic hydroxyl groups is 1. The van der Waals surface area contributed by atoms with Gasteiger partial charge in [0.15, 0.2) is 11.4 Å². The molecular formula is C27H28N2O3. The Morgan fingerprint density at radius 1 is 1.00 bits per heavy atom. The smallest absolute Gasteiger partial charge is 0.173 e. The lowest BCUT2D eigenvalue weighted by molar-refractivity contribution is -0.119. The summed E-state index contributed by atoms with van der Waals surface area (Å²) in [6.45, 7) is 3.10. The summed E-state index contributed by atoms with van der Waals surface area (Å²) in [5.74, 6) is 0.703. The quantitative estimate of drug-likeness (QED) is 0.427. The number of nitrogens with zero attached hydrogens (tertiary/aromatic N) is 2. The third-order valence-electron chi connectivity index (χ3n) is 5.82. The van der Waals surface area contributed by atoms with Gasteiger partial charge in [0.25, 0.3) is 0 Å². The molecule has 5 nitrogen and oxygen atoms in total. The Morgan fingerprint density at radius 2 is 1.62 bits per heavy atom. The van der Waals surface area contributed by atoms with Crippen molar-refractivity contribution in [2.24, 2.45) is 0 Å². The summed E-state index contributed by atoms with van der Waals surface area (Å²) in [5.41, 5.74) is 2.73. The molecule has 1 aromatic heterocycles. The maximum absolute atomic E-state index is 12.3. The Morgan fingerprint density at radius 3 is 2.19 bits per heavy atom. The van der Waals surface area contributed by atoms with Gasteiger partial charge in [-0.3, -0.25) is 4.79 Å². The van der Waals surface area contributed by atoms with Crippen LogP contribution in [0.3, 0.4) is 0 Å². The molecule has 0 bridgehead atoms. The first kappa shape index (κ1) is 21.9. The van der Waals surface area contributed by atoms with E-state index >= 15 is 0 Å². The number of carbonyl (C=O) groups is 1. The Balaban J connectivity index is 1.85. The fourth-order valence-electron chi connectivity index (χ4n) is 4.19. The topological polar surface area (TPSA) is 64.3 Å². The molecule has 0 radical (unpaired) electrons. The summed E-state index contributed by atoms with van der Waals surface area (Å²) in [7, 11) is 1.60. The van der Waals surface area contributed by atoms with E-state index in [0.29, 0.717) is 31.8 Å². The van der Waals surface area contributed by atoms with Gasteiger partial charge in [0, 0.05) is 26.5 Å². The molecule has 0 aliphatic carbocycles. The minimum atomic E-state index is -1.41. The highest BCUT2D eigenvalue weighted by atomic mass is 16.5. The molecule has 4 rings (SSSR count). The fourth-order valence-corrected chi connectivity index (χ4v) is 4.19. The van der Waals surface area contributed by atoms with Crippen LogP contribution < -0.4 is 0 Å². The molecule has 0 aliphatic rings. The number of rotatable bonds is 9. The lowest BCUT2D eigenvalue weighted by Crippen LogP contribution is -2.32. The molecule has 1 N–H and O–H groups in total. The second kappa shape index (κ2) is 9.47. The van der Waals surface area contributed by atoms with E-state index in [-0.39, 0.29) is 5.78 Å². The third-order valence-corrected chi connectivity index (χ3v) is 5.82. The van der Waals surface area contributed by atoms with Crippen molar-refractivity contribution in [2.45, 2.75) is 31.9 Å². The Kier molecular flexibility index (Phi) is 6.49. The largest absolute Gasteiger partial charge is 0.384 e. The zero-order valence-corrected chi connectivity index (χ0v) is 18.5. The molecule has 0 saturated carbocycles. The van der Waals surface area contributed by atoms with Gasteiger partial charge in [-0.15, -0.1) is 0 Å². The first-order valence-electron chi connectivity index (χ1n) is 10.9. The Bertz CT molecular complexity index is 1160. The zero-order chi connectivity index (χ0) is 22.6. The standard InChI is InChI=1S/C27H28N2O3/c1-3-29-25-19-20(18-23(30)16-17-32-2)14-15-24(25)28-26(29)27(31,21-10-6-4-7-11-21)22-12-8-5-9-13-22/h4-15,19,31H,3,16-18H2,1-2H3. The summed E-state index contributed by atoms with van der Waals surface area (Å²) in [6.07, 6.45) is 0.750. The van der Waals surface area contributed by atoms with Crippen molar-refractivity contribution in [3.63, 3.8) is 0 Å². The van der Waals surface area contributed by atoms with E-state index in [0.717, 1.165) is 27.7 Å². The van der Waals surface area contributed by atoms with Gasteiger partial charge in [-0.2, -0.15) is 0 Å². The van der Waals surface area contributed by atoms with Gasteiger partial charge in [0.1, 0.15) is 5.78 Å². The van der Waals surface area contributed by atoms with Crippen LogP contribution in [0.2, 0.25) is 0 Å². The van der Waals surface area contributed by atoms with Crippen LogP contribution in [0.15, 0.2) is 78.9 Å². The number of methoxy groups -OCH3 is 1. The monoisotopic (exact) mass is 428 g/mol. The van der Waals surface area contributed by atoms with Gasteiger partial charge >= 0.3 is 0 Å². The van der Waals surface area contributed by atoms with E-state index in [1.807, 2.05) is 90.4 Å². The molecule has 0 unspecified atom stereocenters. The third kappa shape index (κ3) is 4.09. The van der Waals surface area contributed by atoms with Crippen molar-refractivity contribution in [1.29, 1.82) is 0 Å². The lowest BCUT2D eigenvalue weighted by atomic mass is 9.85. The van der Waals surface area contributed by atoms with Gasteiger partial charge in [-0.05, 0) is 35.7 Å². The van der Waals surface area contributed by atoms with E-state index in [2.05, 4.69) is 0 Å². The van der Waals surface area contributed by atoms with Crippen LogP contribution in [0.4, 0.5) is 0 Å². The molecule has 0 atom stereocenters. The van der Waals surface area contributed by atoms with Gasteiger partial charge < -0.3 is 14.4 Å². The second-order valence-corrected chi connectivity index (χ2v) is 7.90. The number of aromatic nitrogens is 2. The van der Waals surface area contributed by atoms with Crippen LogP contribution in [0.1, 0.15) is 35.9 Å². The number of Topliss-reactive ketones (excluding diaryl/α,β-unsaturated/α-hetero) is 1. The summed E-state index contributed by atoms with van der Waals surface area (Å²) < 4.78 is 7.06. The van der Waals surface area contributed by atoms with Crippen LogP contribution in [-0.4, -0.2) is 34.2 Å². The normalized spacial score (nSPS) is 11.7. The highest BCUT2D eigenvalue weighted by molar-refractivity contribution is 5.83. The van der Waals surface area contributed by atoms with Crippen LogP contribution in [0.5, 0.6) is 0 Å². The van der Waals surface area contributed by atoms with Crippen molar-refractivity contribution in [3.05, 3.63) is 101 Å². The van der Waals surface area contributed by atoms with Gasteiger partial charge in [-0.1, -0.05) is 66.7 Å². The van der Waals surface area contributed by atoms with Crippen molar-refractivity contribution in [2.75, 3.05) is 13.7 Å². The number of hydrogen-bond acceptors (Lipinski definition) is 4. The van der Waals surface area contributed by atoms with Gasteiger partial charge in [0.2, 0.25) is 0 Å². The van der Waals surface area contributed by atoms with Gasteiger partial charge in [-0.25, -0.2) is 4.98 Å². The number of ether oxygens (including phenoxy) is 1. The van der Waals surface area contributed by atoms with Gasteiger partial charge in [0.05, 0.1) is 17.6 Å². The molecule has 32 heavy (non-hydrogen) atoms. The molecule has 0 amide bonds. The number of ketones is 1. The van der Waals surface area contributed by atoms with E-state index in [4.69, 9.17) is 9.72 Å². The summed E-state index contributed by atoms with van der Waals surface area (Å²) in [6, 6.07) is 25.1. The molecule has 3 aromatic carbocycles. The SMILES string of the molecule is CCn1c(C(O)(c2ccccc2)c2ccccc2)nc2ccc(CC(=O)CCOC)cc21. The number of hydrogen-bond donors (Lipinski definition) is 1. The van der Waals surface area contributed by atoms with Crippen molar-refractivity contribution in [3.8, 4) is 0 Å². The predicted molar refractivity (Wildman–Crippen MR) is 126 cm³/mol. The van der Waals surface area contributed by atoms with Crippen LogP contribution >= 0.6 is 0 Å². The van der Waals surface area contributed by atoms with Crippen LogP contribution in [0, 0.1) is 0 Å². The van der Waals surface area contributed by atoms with Crippen molar-refractivity contribution in [1.82, 2.24) is 9.55 Å². The molecule has 0 saturated heterocycles. The van der Waals surface area contributed by atoms with Crippen molar-refractivity contribution >= 4 is 16.8 Å². The first-order valence-corrected chi connectivity index (χ1v) is 10.9. The number of aryl methyl sites for hydroxylation is 1. The average Bonchev–Trinajstić information content (AvgIpc) is 3.21. The average molecular weight is 429 g/mol. The zero-order valence-electron chi connectivity index (χ0n) is 18.5.